The van der Waals surface area contributed by atoms with Gasteiger partial charge in [-0.25, -0.2) is 0 Å². The van der Waals surface area contributed by atoms with Crippen LogP contribution in [0.25, 0.3) is 0 Å². The summed E-state index contributed by atoms with van der Waals surface area (Å²) in [7, 11) is 0. The predicted octanol–water partition coefficient (Wildman–Crippen LogP) is 1.11. The molecule has 0 radical (unpaired) electrons. The van der Waals surface area contributed by atoms with Crippen molar-refractivity contribution >= 4 is 23.6 Å². The highest BCUT2D eigenvalue weighted by atomic mass is 32.2. The van der Waals surface area contributed by atoms with Crippen LogP contribution in [-0.4, -0.2) is 35.0 Å². The Balaban J connectivity index is 1.90. The van der Waals surface area contributed by atoms with Gasteiger partial charge in [0.15, 0.2) is 0 Å². The Hall–Kier alpha value is -0.710. The number of nitrogens with one attached hydrogen (secondary N) is 1. The molecule has 0 unspecified atom stereocenters. The number of carbonyl (C=O) groups excluding carboxylic acids is 1. The Morgan fingerprint density at radius 1 is 1.33 bits per heavy atom. The highest BCUT2D eigenvalue weighted by Gasteiger charge is 2.16. The smallest absolute Gasteiger partial charge is 0.313 e. The molecule has 0 aromatic rings. The molecule has 0 aliphatic heterocycles. The summed E-state index contributed by atoms with van der Waals surface area (Å²) >= 11 is 1.14. The Bertz CT molecular complexity index is 229. The van der Waals surface area contributed by atoms with Gasteiger partial charge in [-0.15, -0.1) is 11.8 Å². The highest BCUT2D eigenvalue weighted by molar-refractivity contribution is 8.00. The molecule has 4 nitrogen and oxygen atoms in total. The van der Waals surface area contributed by atoms with Gasteiger partial charge >= 0.3 is 5.97 Å². The van der Waals surface area contributed by atoms with E-state index in [9.17, 15) is 9.59 Å². The first kappa shape index (κ1) is 12.4. The molecule has 5 heteroatoms. The number of carbonyl (C=O) groups is 2. The van der Waals surface area contributed by atoms with E-state index < -0.39 is 5.97 Å². The summed E-state index contributed by atoms with van der Waals surface area (Å²) in [5.74, 6) is 0.118. The van der Waals surface area contributed by atoms with Gasteiger partial charge in [0.05, 0.1) is 11.5 Å². The van der Waals surface area contributed by atoms with Crippen molar-refractivity contribution < 1.29 is 14.7 Å². The van der Waals surface area contributed by atoms with E-state index in [0.29, 0.717) is 0 Å². The third kappa shape index (κ3) is 5.67. The number of thioether (sulfide) groups is 1. The fourth-order valence-corrected chi connectivity index (χ4v) is 2.04. The summed E-state index contributed by atoms with van der Waals surface area (Å²) in [5, 5.41) is 11.2. The topological polar surface area (TPSA) is 66.4 Å². The van der Waals surface area contributed by atoms with Crippen LogP contribution in [0.2, 0.25) is 0 Å². The number of carboxylic acid groups (broad SMARTS) is 1. The van der Waals surface area contributed by atoms with E-state index in [-0.39, 0.29) is 17.4 Å². The van der Waals surface area contributed by atoms with Crippen LogP contribution in [0.4, 0.5) is 0 Å². The molecule has 15 heavy (non-hydrogen) atoms. The predicted molar refractivity (Wildman–Crippen MR) is 59.9 cm³/mol. The largest absolute Gasteiger partial charge is 0.481 e. The molecule has 0 aromatic heterocycles. The lowest BCUT2D eigenvalue weighted by molar-refractivity contribution is -0.133. The number of aliphatic carboxylic acids is 1. The summed E-state index contributed by atoms with van der Waals surface area (Å²) in [5.41, 5.74) is 0. The van der Waals surface area contributed by atoms with Gasteiger partial charge in [0.25, 0.3) is 0 Å². The van der Waals surface area contributed by atoms with E-state index in [4.69, 9.17) is 5.11 Å². The molecule has 2 N–H and O–H groups in total. The maximum absolute atomic E-state index is 11.2. The number of amides is 1. The third-order valence-electron chi connectivity index (χ3n) is 2.56. The van der Waals surface area contributed by atoms with E-state index >= 15 is 0 Å². The average Bonchev–Trinajstić information content (AvgIpc) is 2.08. The van der Waals surface area contributed by atoms with Crippen LogP contribution in [0.1, 0.15) is 25.7 Å². The van der Waals surface area contributed by atoms with Crippen molar-refractivity contribution in [3.8, 4) is 0 Å². The summed E-state index contributed by atoms with van der Waals surface area (Å²) in [4.78, 5) is 21.4. The lowest BCUT2D eigenvalue weighted by atomic mass is 9.83. The van der Waals surface area contributed by atoms with E-state index in [2.05, 4.69) is 5.32 Å². The molecule has 0 atom stereocenters. The van der Waals surface area contributed by atoms with Crippen LogP contribution in [0.3, 0.4) is 0 Å². The van der Waals surface area contributed by atoms with Crippen molar-refractivity contribution in [2.45, 2.75) is 25.7 Å². The van der Waals surface area contributed by atoms with Gasteiger partial charge in [-0.2, -0.15) is 0 Å². The molecule has 1 saturated carbocycles. The quantitative estimate of drug-likeness (QED) is 0.689. The van der Waals surface area contributed by atoms with Gasteiger partial charge in [-0.1, -0.05) is 19.3 Å². The van der Waals surface area contributed by atoms with Crippen molar-refractivity contribution in [3.05, 3.63) is 0 Å². The minimum atomic E-state index is -0.873. The van der Waals surface area contributed by atoms with E-state index in [0.717, 1.165) is 30.6 Å². The Kier molecular flexibility index (Phi) is 5.53. The van der Waals surface area contributed by atoms with Crippen molar-refractivity contribution in [3.63, 3.8) is 0 Å². The minimum Gasteiger partial charge on any atom is -0.481 e. The summed E-state index contributed by atoms with van der Waals surface area (Å²) in [6.07, 6.45) is 4.98. The molecular weight excluding hydrogens is 214 g/mol. The molecule has 0 bridgehead atoms. The lowest BCUT2D eigenvalue weighted by Gasteiger charge is -2.25. The standard InChI is InChI=1S/C10H17NO3S/c12-9(6-15-7-10(13)14)11-5-4-8-2-1-3-8/h8H,1-7H2,(H,11,12)(H,13,14). The Morgan fingerprint density at radius 2 is 2.07 bits per heavy atom. The van der Waals surface area contributed by atoms with Crippen molar-refractivity contribution in [2.75, 3.05) is 18.1 Å². The van der Waals surface area contributed by atoms with Gasteiger partial charge in [0.2, 0.25) is 5.91 Å². The van der Waals surface area contributed by atoms with Crippen LogP contribution in [0, 0.1) is 5.92 Å². The number of rotatable bonds is 7. The first-order chi connectivity index (χ1) is 7.18. The molecule has 1 aliphatic carbocycles. The normalized spacial score (nSPS) is 15.7. The van der Waals surface area contributed by atoms with Crippen LogP contribution >= 0.6 is 11.8 Å². The summed E-state index contributed by atoms with van der Waals surface area (Å²) in [6, 6.07) is 0. The Morgan fingerprint density at radius 3 is 2.60 bits per heavy atom. The van der Waals surface area contributed by atoms with E-state index in [1.807, 2.05) is 0 Å². The second-order valence-corrected chi connectivity index (χ2v) is 4.81. The van der Waals surface area contributed by atoms with Crippen LogP contribution < -0.4 is 5.32 Å². The fourth-order valence-electron chi connectivity index (χ4n) is 1.48. The maximum atomic E-state index is 11.2. The van der Waals surface area contributed by atoms with Gasteiger partial charge in [0, 0.05) is 6.54 Å². The Labute approximate surface area is 93.8 Å². The zero-order chi connectivity index (χ0) is 11.1. The van der Waals surface area contributed by atoms with Crippen molar-refractivity contribution in [1.29, 1.82) is 0 Å². The molecule has 86 valence electrons. The first-order valence-corrected chi connectivity index (χ1v) is 6.40. The third-order valence-corrected chi connectivity index (χ3v) is 3.48. The lowest BCUT2D eigenvalue weighted by Crippen LogP contribution is -2.29. The molecule has 0 spiro atoms. The maximum Gasteiger partial charge on any atom is 0.313 e. The first-order valence-electron chi connectivity index (χ1n) is 5.24. The molecule has 0 heterocycles. The molecule has 1 rings (SSSR count). The highest BCUT2D eigenvalue weighted by Crippen LogP contribution is 2.28. The zero-order valence-electron chi connectivity index (χ0n) is 8.70. The van der Waals surface area contributed by atoms with Crippen LogP contribution in [0.15, 0.2) is 0 Å². The van der Waals surface area contributed by atoms with Crippen molar-refractivity contribution in [2.24, 2.45) is 5.92 Å². The summed E-state index contributed by atoms with van der Waals surface area (Å²) in [6.45, 7) is 0.733. The molecule has 0 aromatic carbocycles. The van der Waals surface area contributed by atoms with Crippen molar-refractivity contribution in [1.82, 2.24) is 5.32 Å². The van der Waals surface area contributed by atoms with Gasteiger partial charge in [0.1, 0.15) is 0 Å². The van der Waals surface area contributed by atoms with Gasteiger partial charge < -0.3 is 10.4 Å². The molecule has 1 fully saturated rings. The molecule has 1 aliphatic rings. The SMILES string of the molecule is O=C(O)CSCC(=O)NCCC1CCC1. The van der Waals surface area contributed by atoms with Gasteiger partial charge in [-0.3, -0.25) is 9.59 Å². The van der Waals surface area contributed by atoms with Crippen LogP contribution in [0.5, 0.6) is 0 Å². The number of hydrogen-bond acceptors (Lipinski definition) is 3. The molecule has 0 saturated heterocycles. The molecular formula is C10H17NO3S. The van der Waals surface area contributed by atoms with E-state index in [1.165, 1.54) is 19.3 Å². The second kappa shape index (κ2) is 6.71. The minimum absolute atomic E-state index is 0.00392. The zero-order valence-corrected chi connectivity index (χ0v) is 9.52. The average molecular weight is 231 g/mol. The van der Waals surface area contributed by atoms with Gasteiger partial charge in [-0.05, 0) is 12.3 Å². The summed E-state index contributed by atoms with van der Waals surface area (Å²) < 4.78 is 0. The van der Waals surface area contributed by atoms with Crippen LogP contribution in [-0.2, 0) is 9.59 Å². The number of carboxylic acids is 1. The monoisotopic (exact) mass is 231 g/mol. The number of hydrogen-bond donors (Lipinski definition) is 2. The molecule has 1 amide bonds. The van der Waals surface area contributed by atoms with E-state index in [1.54, 1.807) is 0 Å². The fraction of sp³-hybridized carbons (Fsp3) is 0.800. The second-order valence-electron chi connectivity index (χ2n) is 3.82.